The topological polar surface area (TPSA) is 77.5 Å². The number of carbonyl (C=O) groups is 2. The zero-order chi connectivity index (χ0) is 19.4. The minimum atomic E-state index is -0.461. The third-order valence-electron chi connectivity index (χ3n) is 4.13. The number of hydrogen-bond donors (Lipinski definition) is 1. The van der Waals surface area contributed by atoms with Crippen LogP contribution in [0.1, 0.15) is 34.6 Å². The molecule has 1 heterocycles. The second kappa shape index (κ2) is 7.86. The van der Waals surface area contributed by atoms with E-state index in [-0.39, 0.29) is 12.4 Å². The number of fused-ring (bicyclic) bond motifs is 1. The van der Waals surface area contributed by atoms with Gasteiger partial charge in [-0.2, -0.15) is 0 Å². The molecule has 0 atom stereocenters. The van der Waals surface area contributed by atoms with E-state index in [1.165, 1.54) is 13.1 Å². The quantitative estimate of drug-likeness (QED) is 0.517. The second-order valence-electron chi connectivity index (χ2n) is 5.91. The van der Waals surface area contributed by atoms with E-state index in [9.17, 15) is 9.59 Å². The smallest absolute Gasteiger partial charge is 0.341 e. The number of rotatable bonds is 6. The van der Waals surface area contributed by atoms with E-state index >= 15 is 0 Å². The summed E-state index contributed by atoms with van der Waals surface area (Å²) in [5.74, 6) is 0.186. The number of pyridine rings is 1. The molecule has 1 N–H and O–H groups in total. The predicted molar refractivity (Wildman–Crippen MR) is 104 cm³/mol. The lowest BCUT2D eigenvalue weighted by molar-refractivity contribution is 0.0527. The molecular formula is C21H20N2O4. The Labute approximate surface area is 157 Å². The average Bonchev–Trinajstić information content (AvgIpc) is 2.68. The van der Waals surface area contributed by atoms with E-state index in [4.69, 9.17) is 9.47 Å². The second-order valence-corrected chi connectivity index (χ2v) is 5.91. The van der Waals surface area contributed by atoms with E-state index in [1.54, 1.807) is 38.3 Å². The summed E-state index contributed by atoms with van der Waals surface area (Å²) in [6.45, 7) is 3.54. The minimum Gasteiger partial charge on any atom is -0.497 e. The van der Waals surface area contributed by atoms with Gasteiger partial charge in [-0.15, -0.1) is 0 Å². The zero-order valence-electron chi connectivity index (χ0n) is 15.4. The molecule has 0 aliphatic rings. The highest BCUT2D eigenvalue weighted by Gasteiger charge is 2.17. The fourth-order valence-corrected chi connectivity index (χ4v) is 2.73. The molecule has 0 aliphatic carbocycles. The summed E-state index contributed by atoms with van der Waals surface area (Å²) >= 11 is 0. The number of carbonyl (C=O) groups excluding carboxylic acids is 2. The number of ether oxygens (including phenoxy) is 2. The van der Waals surface area contributed by atoms with Crippen molar-refractivity contribution in [3.05, 3.63) is 59.8 Å². The van der Waals surface area contributed by atoms with Gasteiger partial charge in [-0.3, -0.25) is 9.78 Å². The lowest BCUT2D eigenvalue weighted by Crippen LogP contribution is -2.09. The van der Waals surface area contributed by atoms with Gasteiger partial charge in [-0.25, -0.2) is 4.79 Å². The Morgan fingerprint density at radius 2 is 1.85 bits per heavy atom. The van der Waals surface area contributed by atoms with Gasteiger partial charge in [0.05, 0.1) is 24.9 Å². The van der Waals surface area contributed by atoms with E-state index in [0.29, 0.717) is 28.1 Å². The van der Waals surface area contributed by atoms with Gasteiger partial charge in [0.25, 0.3) is 0 Å². The Hall–Kier alpha value is -3.41. The van der Waals surface area contributed by atoms with Crippen LogP contribution in [-0.4, -0.2) is 30.5 Å². The molecule has 0 radical (unpaired) electrons. The number of anilines is 2. The van der Waals surface area contributed by atoms with Crippen LogP contribution in [0.3, 0.4) is 0 Å². The first kappa shape index (κ1) is 18.4. The first-order chi connectivity index (χ1) is 13.0. The van der Waals surface area contributed by atoms with Crippen molar-refractivity contribution in [1.82, 2.24) is 4.98 Å². The molecule has 1 aromatic heterocycles. The van der Waals surface area contributed by atoms with Crippen molar-refractivity contribution in [1.29, 1.82) is 0 Å². The molecular weight excluding hydrogens is 344 g/mol. The van der Waals surface area contributed by atoms with Crippen LogP contribution in [0.5, 0.6) is 5.75 Å². The van der Waals surface area contributed by atoms with Crippen molar-refractivity contribution < 1.29 is 19.1 Å². The number of nitrogens with zero attached hydrogens (tertiary/aromatic N) is 1. The van der Waals surface area contributed by atoms with Crippen LogP contribution >= 0.6 is 0 Å². The summed E-state index contributed by atoms with van der Waals surface area (Å²) in [6, 6.07) is 12.5. The monoisotopic (exact) mass is 364 g/mol. The van der Waals surface area contributed by atoms with Crippen molar-refractivity contribution >= 4 is 34.0 Å². The lowest BCUT2D eigenvalue weighted by atomic mass is 10.1. The van der Waals surface area contributed by atoms with Gasteiger partial charge >= 0.3 is 5.97 Å². The number of esters is 1. The summed E-state index contributed by atoms with van der Waals surface area (Å²) in [7, 11) is 1.58. The highest BCUT2D eigenvalue weighted by Crippen LogP contribution is 2.32. The molecule has 0 unspecified atom stereocenters. The molecule has 0 amide bonds. The molecule has 27 heavy (non-hydrogen) atoms. The molecule has 0 bridgehead atoms. The number of ketones is 1. The van der Waals surface area contributed by atoms with Crippen LogP contribution in [-0.2, 0) is 4.74 Å². The van der Waals surface area contributed by atoms with Gasteiger partial charge in [0, 0.05) is 22.8 Å². The van der Waals surface area contributed by atoms with E-state index < -0.39 is 5.97 Å². The molecule has 3 aromatic rings. The first-order valence-electron chi connectivity index (χ1n) is 8.55. The van der Waals surface area contributed by atoms with Gasteiger partial charge in [-0.05, 0) is 56.3 Å². The summed E-state index contributed by atoms with van der Waals surface area (Å²) in [4.78, 5) is 28.2. The molecule has 6 heteroatoms. The van der Waals surface area contributed by atoms with Gasteiger partial charge in [-0.1, -0.05) is 0 Å². The van der Waals surface area contributed by atoms with Crippen molar-refractivity contribution in [2.75, 3.05) is 19.0 Å². The third kappa shape index (κ3) is 3.89. The first-order valence-corrected chi connectivity index (χ1v) is 8.55. The fourth-order valence-electron chi connectivity index (χ4n) is 2.73. The van der Waals surface area contributed by atoms with Crippen molar-refractivity contribution in [2.45, 2.75) is 13.8 Å². The van der Waals surface area contributed by atoms with E-state index in [1.807, 2.05) is 18.2 Å². The number of nitrogens with one attached hydrogen (secondary N) is 1. The Morgan fingerprint density at radius 1 is 1.11 bits per heavy atom. The SMILES string of the molecule is CCOC(=O)c1cnc2ccc(OC)cc2c1Nc1ccc(C(C)=O)cc1. The maximum Gasteiger partial charge on any atom is 0.341 e. The molecule has 3 rings (SSSR count). The Kier molecular flexibility index (Phi) is 5.35. The van der Waals surface area contributed by atoms with Gasteiger partial charge in [0.15, 0.2) is 5.78 Å². The Morgan fingerprint density at radius 3 is 2.48 bits per heavy atom. The summed E-state index contributed by atoms with van der Waals surface area (Å²) in [5, 5.41) is 4.00. The highest BCUT2D eigenvalue weighted by atomic mass is 16.5. The third-order valence-corrected chi connectivity index (χ3v) is 4.13. The minimum absolute atomic E-state index is 0.00661. The molecule has 2 aromatic carbocycles. The average molecular weight is 364 g/mol. The summed E-state index contributed by atoms with van der Waals surface area (Å²) in [5.41, 5.74) is 2.97. The molecule has 6 nitrogen and oxygen atoms in total. The highest BCUT2D eigenvalue weighted by molar-refractivity contribution is 6.06. The van der Waals surface area contributed by atoms with Crippen LogP contribution in [0.2, 0.25) is 0 Å². The van der Waals surface area contributed by atoms with Crippen molar-refractivity contribution in [3.63, 3.8) is 0 Å². The molecule has 0 aliphatic heterocycles. The maximum absolute atomic E-state index is 12.4. The largest absolute Gasteiger partial charge is 0.497 e. The van der Waals surface area contributed by atoms with Crippen LogP contribution in [0.25, 0.3) is 10.9 Å². The van der Waals surface area contributed by atoms with Crippen LogP contribution in [0.4, 0.5) is 11.4 Å². The Balaban J connectivity index is 2.12. The van der Waals surface area contributed by atoms with Crippen LogP contribution in [0.15, 0.2) is 48.7 Å². The van der Waals surface area contributed by atoms with Crippen LogP contribution < -0.4 is 10.1 Å². The number of hydrogen-bond acceptors (Lipinski definition) is 6. The fraction of sp³-hybridized carbons (Fsp3) is 0.190. The summed E-state index contributed by atoms with van der Waals surface area (Å²) in [6.07, 6.45) is 1.50. The zero-order valence-corrected chi connectivity index (χ0v) is 15.4. The molecule has 0 saturated carbocycles. The van der Waals surface area contributed by atoms with Crippen molar-refractivity contribution in [3.8, 4) is 5.75 Å². The summed E-state index contributed by atoms with van der Waals surface area (Å²) < 4.78 is 10.5. The molecule has 138 valence electrons. The maximum atomic E-state index is 12.4. The Bertz CT molecular complexity index is 997. The van der Waals surface area contributed by atoms with Gasteiger partial charge in [0.2, 0.25) is 0 Å². The molecule has 0 spiro atoms. The van der Waals surface area contributed by atoms with Gasteiger partial charge < -0.3 is 14.8 Å². The van der Waals surface area contributed by atoms with E-state index in [2.05, 4.69) is 10.3 Å². The van der Waals surface area contributed by atoms with Crippen LogP contribution in [0, 0.1) is 0 Å². The molecule has 0 saturated heterocycles. The number of Topliss-reactive ketones (excluding diaryl/α,β-unsaturated/α-hetero) is 1. The number of aromatic nitrogens is 1. The normalized spacial score (nSPS) is 10.5. The predicted octanol–water partition coefficient (Wildman–Crippen LogP) is 4.37. The van der Waals surface area contributed by atoms with E-state index in [0.717, 1.165) is 11.1 Å². The number of methoxy groups -OCH3 is 1. The lowest BCUT2D eigenvalue weighted by Gasteiger charge is -2.15. The van der Waals surface area contributed by atoms with Crippen molar-refractivity contribution in [2.24, 2.45) is 0 Å². The standard InChI is InChI=1S/C21H20N2O4/c1-4-27-21(25)18-12-22-19-10-9-16(26-3)11-17(19)20(18)23-15-7-5-14(6-8-15)13(2)24/h5-12H,4H2,1-3H3,(H,22,23). The molecule has 0 fully saturated rings. The van der Waals surface area contributed by atoms with Gasteiger partial charge in [0.1, 0.15) is 11.3 Å². The number of benzene rings is 2.